The van der Waals surface area contributed by atoms with E-state index in [9.17, 15) is 4.79 Å². The fourth-order valence-electron chi connectivity index (χ4n) is 1.65. The predicted octanol–water partition coefficient (Wildman–Crippen LogP) is 3.18. The molecule has 0 N–H and O–H groups in total. The van der Waals surface area contributed by atoms with Gasteiger partial charge in [0.05, 0.1) is 12.0 Å². The number of rotatable bonds is 2. The third-order valence-electron chi connectivity index (χ3n) is 2.83. The summed E-state index contributed by atoms with van der Waals surface area (Å²) in [7, 11) is 0. The Hall–Kier alpha value is -1.20. The topological polar surface area (TPSA) is 32.7 Å². The van der Waals surface area contributed by atoms with Gasteiger partial charge < -0.3 is 0 Å². The summed E-state index contributed by atoms with van der Waals surface area (Å²) in [5, 5.41) is 5.43. The highest BCUT2D eigenvalue weighted by Gasteiger charge is 2.25. The fraction of sp³-hybridized carbons (Fsp3) is 0.357. The van der Waals surface area contributed by atoms with Crippen LogP contribution < -0.4 is 0 Å². The SMILES string of the molecule is CC(C)(C)c1ccc(/C=N\N2C(=O)CSC2=S)cc1. The van der Waals surface area contributed by atoms with Gasteiger partial charge in [-0.1, -0.05) is 69.0 Å². The molecule has 0 radical (unpaired) electrons. The molecular weight excluding hydrogens is 276 g/mol. The van der Waals surface area contributed by atoms with E-state index in [0.29, 0.717) is 10.1 Å². The Morgan fingerprint density at radius 3 is 2.42 bits per heavy atom. The smallest absolute Gasteiger partial charge is 0.259 e. The van der Waals surface area contributed by atoms with Crippen molar-refractivity contribution in [2.24, 2.45) is 5.10 Å². The molecule has 1 aromatic carbocycles. The van der Waals surface area contributed by atoms with Crippen molar-refractivity contribution in [1.82, 2.24) is 5.01 Å². The number of carbonyl (C=O) groups is 1. The zero-order valence-corrected chi connectivity index (χ0v) is 12.8. The molecular formula is C14H16N2OS2. The molecule has 3 nitrogen and oxygen atoms in total. The molecule has 0 saturated carbocycles. The van der Waals surface area contributed by atoms with E-state index in [-0.39, 0.29) is 11.3 Å². The third-order valence-corrected chi connectivity index (χ3v) is 4.16. The molecule has 1 saturated heterocycles. The van der Waals surface area contributed by atoms with Crippen LogP contribution in [0.5, 0.6) is 0 Å². The summed E-state index contributed by atoms with van der Waals surface area (Å²) >= 11 is 6.41. The Kier molecular flexibility index (Phi) is 4.06. The van der Waals surface area contributed by atoms with E-state index in [1.165, 1.54) is 22.3 Å². The van der Waals surface area contributed by atoms with E-state index in [1.54, 1.807) is 6.21 Å². The summed E-state index contributed by atoms with van der Waals surface area (Å²) in [6.45, 7) is 6.53. The minimum Gasteiger partial charge on any atom is -0.272 e. The first-order valence-corrected chi connectivity index (χ1v) is 7.41. The molecule has 2 rings (SSSR count). The molecule has 1 amide bonds. The van der Waals surface area contributed by atoms with Crippen LogP contribution in [-0.4, -0.2) is 27.2 Å². The number of thiocarbonyl (C=S) groups is 1. The monoisotopic (exact) mass is 292 g/mol. The van der Waals surface area contributed by atoms with Crippen molar-refractivity contribution >= 4 is 40.4 Å². The van der Waals surface area contributed by atoms with Crippen molar-refractivity contribution in [3.05, 3.63) is 35.4 Å². The first kappa shape index (κ1) is 14.2. The van der Waals surface area contributed by atoms with E-state index in [1.807, 2.05) is 12.1 Å². The van der Waals surface area contributed by atoms with Gasteiger partial charge in [0.15, 0.2) is 4.32 Å². The fourth-order valence-corrected chi connectivity index (χ4v) is 2.62. The second-order valence-electron chi connectivity index (χ2n) is 5.38. The average molecular weight is 292 g/mol. The van der Waals surface area contributed by atoms with Gasteiger partial charge in [0.1, 0.15) is 0 Å². The highest BCUT2D eigenvalue weighted by molar-refractivity contribution is 8.23. The highest BCUT2D eigenvalue weighted by Crippen LogP contribution is 2.22. The van der Waals surface area contributed by atoms with Crippen LogP contribution in [0.15, 0.2) is 29.4 Å². The Bertz CT molecular complexity index is 513. The summed E-state index contributed by atoms with van der Waals surface area (Å²) in [5.41, 5.74) is 2.37. The number of nitrogens with zero attached hydrogens (tertiary/aromatic N) is 2. The maximum absolute atomic E-state index is 11.5. The van der Waals surface area contributed by atoms with Crippen LogP contribution in [0, 0.1) is 0 Å². The molecule has 19 heavy (non-hydrogen) atoms. The molecule has 0 unspecified atom stereocenters. The lowest BCUT2D eigenvalue weighted by Crippen LogP contribution is -2.22. The lowest BCUT2D eigenvalue weighted by Gasteiger charge is -2.18. The predicted molar refractivity (Wildman–Crippen MR) is 84.6 cm³/mol. The van der Waals surface area contributed by atoms with Crippen LogP contribution in [-0.2, 0) is 10.2 Å². The molecule has 5 heteroatoms. The number of amides is 1. The molecule has 0 spiro atoms. The van der Waals surface area contributed by atoms with Crippen LogP contribution in [0.4, 0.5) is 0 Å². The summed E-state index contributed by atoms with van der Waals surface area (Å²) in [5.74, 6) is 0.330. The molecule has 0 aromatic heterocycles. The Morgan fingerprint density at radius 1 is 1.32 bits per heavy atom. The summed E-state index contributed by atoms with van der Waals surface area (Å²) in [6, 6.07) is 8.17. The van der Waals surface area contributed by atoms with Gasteiger partial charge in [0, 0.05) is 0 Å². The Labute approximate surface area is 123 Å². The van der Waals surface area contributed by atoms with Crippen molar-refractivity contribution in [2.75, 3.05) is 5.75 Å². The third kappa shape index (κ3) is 3.42. The van der Waals surface area contributed by atoms with Gasteiger partial charge in [-0.2, -0.15) is 10.1 Å². The van der Waals surface area contributed by atoms with E-state index in [4.69, 9.17) is 12.2 Å². The van der Waals surface area contributed by atoms with Crippen LogP contribution in [0.3, 0.4) is 0 Å². The minimum atomic E-state index is -0.0578. The molecule has 0 atom stereocenters. The van der Waals surface area contributed by atoms with Crippen LogP contribution in [0.1, 0.15) is 31.9 Å². The quantitative estimate of drug-likeness (QED) is 0.620. The number of hydrogen-bond acceptors (Lipinski definition) is 4. The first-order valence-electron chi connectivity index (χ1n) is 6.02. The van der Waals surface area contributed by atoms with Crippen LogP contribution in [0.2, 0.25) is 0 Å². The molecule has 0 bridgehead atoms. The van der Waals surface area contributed by atoms with Crippen molar-refractivity contribution < 1.29 is 4.79 Å². The van der Waals surface area contributed by atoms with Crippen LogP contribution >= 0.6 is 24.0 Å². The lowest BCUT2D eigenvalue weighted by molar-refractivity contribution is -0.123. The van der Waals surface area contributed by atoms with Gasteiger partial charge in [0.2, 0.25) is 0 Å². The molecule has 1 aliphatic rings. The second kappa shape index (κ2) is 5.43. The Morgan fingerprint density at radius 2 is 1.95 bits per heavy atom. The van der Waals surface area contributed by atoms with Crippen molar-refractivity contribution in [2.45, 2.75) is 26.2 Å². The molecule has 1 fully saturated rings. The van der Waals surface area contributed by atoms with Gasteiger partial charge in [-0.15, -0.1) is 0 Å². The summed E-state index contributed by atoms with van der Waals surface area (Å²) in [6.07, 6.45) is 1.67. The average Bonchev–Trinajstić information content (AvgIpc) is 2.66. The number of hydrazone groups is 1. The first-order chi connectivity index (χ1) is 8.88. The summed E-state index contributed by atoms with van der Waals surface area (Å²) < 4.78 is 0.521. The van der Waals surface area contributed by atoms with E-state index in [2.05, 4.69) is 38.0 Å². The number of thioether (sulfide) groups is 1. The lowest BCUT2D eigenvalue weighted by atomic mass is 9.87. The van der Waals surface area contributed by atoms with Gasteiger partial charge in [0.25, 0.3) is 5.91 Å². The molecule has 0 aliphatic carbocycles. The standard InChI is InChI=1S/C14H16N2OS2/c1-14(2,3)11-6-4-10(5-7-11)8-15-16-12(17)9-19-13(16)18/h4-8H,9H2,1-3H3/b15-8-. The van der Waals surface area contributed by atoms with Gasteiger partial charge in [-0.05, 0) is 16.5 Å². The number of carbonyl (C=O) groups excluding carboxylic acids is 1. The second-order valence-corrected chi connectivity index (χ2v) is 6.99. The minimum absolute atomic E-state index is 0.0578. The van der Waals surface area contributed by atoms with E-state index >= 15 is 0 Å². The molecule has 1 aromatic rings. The zero-order chi connectivity index (χ0) is 14.0. The zero-order valence-electron chi connectivity index (χ0n) is 11.2. The molecule has 1 aliphatic heterocycles. The largest absolute Gasteiger partial charge is 0.272 e. The number of hydrogen-bond donors (Lipinski definition) is 0. The van der Waals surface area contributed by atoms with Crippen LogP contribution in [0.25, 0.3) is 0 Å². The van der Waals surface area contributed by atoms with E-state index < -0.39 is 0 Å². The van der Waals surface area contributed by atoms with Crippen molar-refractivity contribution in [3.8, 4) is 0 Å². The van der Waals surface area contributed by atoms with Crippen molar-refractivity contribution in [3.63, 3.8) is 0 Å². The molecule has 1 heterocycles. The Balaban J connectivity index is 2.12. The maximum atomic E-state index is 11.5. The summed E-state index contributed by atoms with van der Waals surface area (Å²) in [4.78, 5) is 11.5. The molecule has 100 valence electrons. The van der Waals surface area contributed by atoms with Gasteiger partial charge >= 0.3 is 0 Å². The van der Waals surface area contributed by atoms with E-state index in [0.717, 1.165) is 5.56 Å². The maximum Gasteiger partial charge on any atom is 0.259 e. The normalized spacial score (nSPS) is 16.7. The highest BCUT2D eigenvalue weighted by atomic mass is 32.2. The number of benzene rings is 1. The van der Waals surface area contributed by atoms with Gasteiger partial charge in [-0.25, -0.2) is 0 Å². The van der Waals surface area contributed by atoms with Crippen molar-refractivity contribution in [1.29, 1.82) is 0 Å². The van der Waals surface area contributed by atoms with Gasteiger partial charge in [-0.3, -0.25) is 4.79 Å².